The summed E-state index contributed by atoms with van der Waals surface area (Å²) in [4.78, 5) is 4.65. The minimum atomic E-state index is 0.748. The van der Waals surface area contributed by atoms with Crippen LogP contribution >= 0.6 is 0 Å². The average Bonchev–Trinajstić information content (AvgIpc) is 3.26. The van der Waals surface area contributed by atoms with Crippen molar-refractivity contribution in [3.8, 4) is 5.88 Å². The summed E-state index contributed by atoms with van der Waals surface area (Å²) in [6, 6.07) is 10.4. The Bertz CT molecular complexity index is 564. The second-order valence-electron chi connectivity index (χ2n) is 5.17. The van der Waals surface area contributed by atoms with Crippen molar-refractivity contribution >= 4 is 10.8 Å². The van der Waals surface area contributed by atoms with Gasteiger partial charge in [-0.25, -0.2) is 4.98 Å². The van der Waals surface area contributed by atoms with Gasteiger partial charge in [-0.15, -0.1) is 0 Å². The summed E-state index contributed by atoms with van der Waals surface area (Å²) in [6.07, 6.45) is 2.60. The predicted molar refractivity (Wildman–Crippen MR) is 77.3 cm³/mol. The van der Waals surface area contributed by atoms with E-state index in [1.807, 2.05) is 6.07 Å². The maximum Gasteiger partial charge on any atom is 0.221 e. The monoisotopic (exact) mass is 256 g/mol. The zero-order chi connectivity index (χ0) is 13.1. The molecule has 1 aromatic carbocycles. The van der Waals surface area contributed by atoms with Gasteiger partial charge in [-0.1, -0.05) is 25.1 Å². The SMILES string of the molecule is CCNCc1cc2ccccc2c(OCC2CC2)n1. The van der Waals surface area contributed by atoms with Crippen LogP contribution in [0.5, 0.6) is 5.88 Å². The van der Waals surface area contributed by atoms with Gasteiger partial charge in [0.2, 0.25) is 5.88 Å². The van der Waals surface area contributed by atoms with E-state index in [1.54, 1.807) is 0 Å². The van der Waals surface area contributed by atoms with Crippen LogP contribution in [0.25, 0.3) is 10.8 Å². The fourth-order valence-electron chi connectivity index (χ4n) is 2.16. The van der Waals surface area contributed by atoms with E-state index in [0.29, 0.717) is 0 Å². The van der Waals surface area contributed by atoms with Crippen molar-refractivity contribution in [2.45, 2.75) is 26.3 Å². The lowest BCUT2D eigenvalue weighted by molar-refractivity contribution is 0.291. The van der Waals surface area contributed by atoms with E-state index in [-0.39, 0.29) is 0 Å². The number of aromatic nitrogens is 1. The van der Waals surface area contributed by atoms with Crippen LogP contribution in [-0.2, 0) is 6.54 Å². The molecule has 0 bridgehead atoms. The van der Waals surface area contributed by atoms with Crippen LogP contribution in [-0.4, -0.2) is 18.1 Å². The number of hydrogen-bond acceptors (Lipinski definition) is 3. The van der Waals surface area contributed by atoms with E-state index >= 15 is 0 Å². The van der Waals surface area contributed by atoms with Gasteiger partial charge in [-0.05, 0) is 42.8 Å². The van der Waals surface area contributed by atoms with Gasteiger partial charge in [0.15, 0.2) is 0 Å². The maximum absolute atomic E-state index is 5.92. The molecular formula is C16H20N2O. The first-order valence-corrected chi connectivity index (χ1v) is 7.09. The lowest BCUT2D eigenvalue weighted by Gasteiger charge is -2.10. The molecule has 3 nitrogen and oxygen atoms in total. The van der Waals surface area contributed by atoms with E-state index < -0.39 is 0 Å². The molecule has 1 heterocycles. The van der Waals surface area contributed by atoms with Gasteiger partial charge in [0.05, 0.1) is 12.3 Å². The molecule has 3 heteroatoms. The molecule has 0 unspecified atom stereocenters. The Labute approximate surface area is 114 Å². The third kappa shape index (κ3) is 3.04. The molecule has 1 fully saturated rings. The van der Waals surface area contributed by atoms with Gasteiger partial charge in [0.1, 0.15) is 0 Å². The smallest absolute Gasteiger partial charge is 0.221 e. The van der Waals surface area contributed by atoms with Crippen LogP contribution < -0.4 is 10.1 Å². The minimum Gasteiger partial charge on any atom is -0.477 e. The summed E-state index contributed by atoms with van der Waals surface area (Å²) in [6.45, 7) is 4.65. The highest BCUT2D eigenvalue weighted by molar-refractivity contribution is 5.87. The first kappa shape index (κ1) is 12.4. The Kier molecular flexibility index (Phi) is 3.65. The maximum atomic E-state index is 5.92. The molecule has 1 aromatic heterocycles. The summed E-state index contributed by atoms with van der Waals surface area (Å²) in [5, 5.41) is 5.63. The Morgan fingerprint density at radius 1 is 1.32 bits per heavy atom. The highest BCUT2D eigenvalue weighted by atomic mass is 16.5. The first-order chi connectivity index (χ1) is 9.36. The summed E-state index contributed by atoms with van der Waals surface area (Å²) in [5.41, 5.74) is 1.05. The van der Waals surface area contributed by atoms with Crippen molar-refractivity contribution in [2.75, 3.05) is 13.2 Å². The zero-order valence-corrected chi connectivity index (χ0v) is 11.4. The van der Waals surface area contributed by atoms with Gasteiger partial charge in [0.25, 0.3) is 0 Å². The highest BCUT2D eigenvalue weighted by Crippen LogP contribution is 2.31. The topological polar surface area (TPSA) is 34.1 Å². The zero-order valence-electron chi connectivity index (χ0n) is 11.4. The molecule has 3 rings (SSSR count). The van der Waals surface area contributed by atoms with Crippen molar-refractivity contribution in [3.63, 3.8) is 0 Å². The molecule has 1 aliphatic rings. The predicted octanol–water partition coefficient (Wildman–Crippen LogP) is 3.13. The van der Waals surface area contributed by atoms with E-state index in [0.717, 1.165) is 42.6 Å². The average molecular weight is 256 g/mol. The number of nitrogens with one attached hydrogen (secondary N) is 1. The third-order valence-corrected chi connectivity index (χ3v) is 3.47. The highest BCUT2D eigenvalue weighted by Gasteiger charge is 2.22. The van der Waals surface area contributed by atoms with E-state index in [9.17, 15) is 0 Å². The second kappa shape index (κ2) is 5.57. The summed E-state index contributed by atoms with van der Waals surface area (Å²) >= 11 is 0. The van der Waals surface area contributed by atoms with Gasteiger partial charge < -0.3 is 10.1 Å². The molecule has 0 atom stereocenters. The van der Waals surface area contributed by atoms with Gasteiger partial charge >= 0.3 is 0 Å². The lowest BCUT2D eigenvalue weighted by atomic mass is 10.1. The van der Waals surface area contributed by atoms with Crippen LogP contribution in [0.2, 0.25) is 0 Å². The van der Waals surface area contributed by atoms with Gasteiger partial charge in [-0.3, -0.25) is 0 Å². The molecule has 1 saturated carbocycles. The fraction of sp³-hybridized carbons (Fsp3) is 0.438. The van der Waals surface area contributed by atoms with Crippen LogP contribution in [0.1, 0.15) is 25.5 Å². The largest absolute Gasteiger partial charge is 0.477 e. The molecule has 0 radical (unpaired) electrons. The van der Waals surface area contributed by atoms with Crippen molar-refractivity contribution in [2.24, 2.45) is 5.92 Å². The normalized spacial score (nSPS) is 14.8. The molecule has 19 heavy (non-hydrogen) atoms. The number of ether oxygens (including phenoxy) is 1. The lowest BCUT2D eigenvalue weighted by Crippen LogP contribution is -2.13. The Morgan fingerprint density at radius 3 is 2.95 bits per heavy atom. The van der Waals surface area contributed by atoms with Crippen LogP contribution in [0.4, 0.5) is 0 Å². The summed E-state index contributed by atoms with van der Waals surface area (Å²) < 4.78 is 5.92. The summed E-state index contributed by atoms with van der Waals surface area (Å²) in [5.74, 6) is 1.54. The Balaban J connectivity index is 1.90. The Hall–Kier alpha value is -1.61. The number of hydrogen-bond donors (Lipinski definition) is 1. The molecule has 100 valence electrons. The molecule has 1 N–H and O–H groups in total. The third-order valence-electron chi connectivity index (χ3n) is 3.47. The van der Waals surface area contributed by atoms with Crippen LogP contribution in [0.3, 0.4) is 0 Å². The number of nitrogens with zero attached hydrogens (tertiary/aromatic N) is 1. The van der Waals surface area contributed by atoms with Crippen molar-refractivity contribution in [3.05, 3.63) is 36.0 Å². The second-order valence-corrected chi connectivity index (χ2v) is 5.17. The number of fused-ring (bicyclic) bond motifs is 1. The van der Waals surface area contributed by atoms with E-state index in [1.165, 1.54) is 18.2 Å². The van der Waals surface area contributed by atoms with E-state index in [2.05, 4.69) is 41.5 Å². The molecule has 1 aliphatic carbocycles. The van der Waals surface area contributed by atoms with E-state index in [4.69, 9.17) is 4.74 Å². The molecular weight excluding hydrogens is 236 g/mol. The van der Waals surface area contributed by atoms with Crippen molar-refractivity contribution < 1.29 is 4.74 Å². The van der Waals surface area contributed by atoms with Gasteiger partial charge in [0, 0.05) is 11.9 Å². The molecule has 0 spiro atoms. The fourth-order valence-corrected chi connectivity index (χ4v) is 2.16. The standard InChI is InChI=1S/C16H20N2O/c1-2-17-10-14-9-13-5-3-4-6-15(13)16(18-14)19-11-12-7-8-12/h3-6,9,12,17H,2,7-8,10-11H2,1H3. The van der Waals surface area contributed by atoms with Gasteiger partial charge in [-0.2, -0.15) is 0 Å². The quantitative estimate of drug-likeness (QED) is 0.862. The molecule has 0 saturated heterocycles. The summed E-state index contributed by atoms with van der Waals surface area (Å²) in [7, 11) is 0. The molecule has 0 aliphatic heterocycles. The molecule has 0 amide bonds. The van der Waals surface area contributed by atoms with Crippen molar-refractivity contribution in [1.82, 2.24) is 10.3 Å². The minimum absolute atomic E-state index is 0.748. The first-order valence-electron chi connectivity index (χ1n) is 7.09. The number of benzene rings is 1. The number of pyridine rings is 1. The Morgan fingerprint density at radius 2 is 2.16 bits per heavy atom. The van der Waals surface area contributed by atoms with Crippen LogP contribution in [0.15, 0.2) is 30.3 Å². The molecule has 2 aromatic rings. The number of rotatable bonds is 6. The van der Waals surface area contributed by atoms with Crippen molar-refractivity contribution in [1.29, 1.82) is 0 Å². The van der Waals surface area contributed by atoms with Crippen LogP contribution in [0, 0.1) is 5.92 Å².